The van der Waals surface area contributed by atoms with Crippen LogP contribution in [0.2, 0.25) is 0 Å². The zero-order valence-electron chi connectivity index (χ0n) is 11.1. The highest BCUT2D eigenvalue weighted by atomic mass is 32.1. The van der Waals surface area contributed by atoms with Crippen LogP contribution in [0.15, 0.2) is 12.4 Å². The SMILES string of the molecule is CCCN(Cc1nnc(C)s1)Cc1nccn1C. The Morgan fingerprint density at radius 3 is 2.72 bits per heavy atom. The maximum atomic E-state index is 4.37. The number of hydrogen-bond donors (Lipinski definition) is 0. The smallest absolute Gasteiger partial charge is 0.131 e. The second kappa shape index (κ2) is 6.06. The van der Waals surface area contributed by atoms with Crippen LogP contribution in [0.4, 0.5) is 0 Å². The second-order valence-corrected chi connectivity index (χ2v) is 5.65. The summed E-state index contributed by atoms with van der Waals surface area (Å²) in [4.78, 5) is 6.74. The van der Waals surface area contributed by atoms with Gasteiger partial charge in [-0.3, -0.25) is 4.90 Å². The number of nitrogens with zero attached hydrogens (tertiary/aromatic N) is 5. The van der Waals surface area contributed by atoms with Crippen molar-refractivity contribution >= 4 is 11.3 Å². The third-order valence-electron chi connectivity index (χ3n) is 2.75. The first-order valence-electron chi connectivity index (χ1n) is 6.16. The molecule has 2 rings (SSSR count). The van der Waals surface area contributed by atoms with Crippen LogP contribution >= 0.6 is 11.3 Å². The number of aryl methyl sites for hydroxylation is 2. The van der Waals surface area contributed by atoms with Crippen molar-refractivity contribution in [3.05, 3.63) is 28.2 Å². The van der Waals surface area contributed by atoms with Gasteiger partial charge >= 0.3 is 0 Å². The zero-order valence-corrected chi connectivity index (χ0v) is 11.9. The topological polar surface area (TPSA) is 46.8 Å². The monoisotopic (exact) mass is 265 g/mol. The lowest BCUT2D eigenvalue weighted by Gasteiger charge is -2.19. The summed E-state index contributed by atoms with van der Waals surface area (Å²) in [5, 5.41) is 10.4. The zero-order chi connectivity index (χ0) is 13.0. The molecule has 2 heterocycles. The highest BCUT2D eigenvalue weighted by molar-refractivity contribution is 7.11. The largest absolute Gasteiger partial charge is 0.337 e. The predicted molar refractivity (Wildman–Crippen MR) is 72.3 cm³/mol. The van der Waals surface area contributed by atoms with Crippen molar-refractivity contribution in [2.75, 3.05) is 6.54 Å². The Morgan fingerprint density at radius 1 is 1.33 bits per heavy atom. The van der Waals surface area contributed by atoms with E-state index in [2.05, 4.69) is 31.6 Å². The minimum Gasteiger partial charge on any atom is -0.337 e. The van der Waals surface area contributed by atoms with E-state index in [0.29, 0.717) is 0 Å². The van der Waals surface area contributed by atoms with Crippen molar-refractivity contribution in [3.8, 4) is 0 Å². The maximum Gasteiger partial charge on any atom is 0.131 e. The fraction of sp³-hybridized carbons (Fsp3) is 0.583. The predicted octanol–water partition coefficient (Wildman–Crippen LogP) is 1.99. The molecule has 0 fully saturated rings. The highest BCUT2D eigenvalue weighted by Gasteiger charge is 2.11. The van der Waals surface area contributed by atoms with E-state index in [1.165, 1.54) is 0 Å². The van der Waals surface area contributed by atoms with E-state index < -0.39 is 0 Å². The molecular formula is C12H19N5S. The molecule has 18 heavy (non-hydrogen) atoms. The van der Waals surface area contributed by atoms with Gasteiger partial charge in [0.25, 0.3) is 0 Å². The summed E-state index contributed by atoms with van der Waals surface area (Å²) >= 11 is 1.67. The normalized spacial score (nSPS) is 11.3. The Bertz CT molecular complexity index is 490. The molecule has 0 spiro atoms. The molecule has 0 aliphatic rings. The van der Waals surface area contributed by atoms with Gasteiger partial charge in [0.05, 0.1) is 13.1 Å². The summed E-state index contributed by atoms with van der Waals surface area (Å²) in [5.41, 5.74) is 0. The number of rotatable bonds is 6. The molecule has 0 N–H and O–H groups in total. The molecule has 0 amide bonds. The van der Waals surface area contributed by atoms with Crippen molar-refractivity contribution in [2.24, 2.45) is 7.05 Å². The van der Waals surface area contributed by atoms with E-state index in [1.807, 2.05) is 26.4 Å². The molecule has 2 aromatic heterocycles. The lowest BCUT2D eigenvalue weighted by molar-refractivity contribution is 0.247. The summed E-state index contributed by atoms with van der Waals surface area (Å²) in [6, 6.07) is 0. The molecule has 0 saturated heterocycles. The molecule has 0 unspecified atom stereocenters. The molecule has 0 bridgehead atoms. The van der Waals surface area contributed by atoms with E-state index in [9.17, 15) is 0 Å². The number of hydrogen-bond acceptors (Lipinski definition) is 5. The molecule has 0 aromatic carbocycles. The summed E-state index contributed by atoms with van der Waals surface area (Å²) in [5.74, 6) is 1.09. The Morgan fingerprint density at radius 2 is 2.17 bits per heavy atom. The lowest BCUT2D eigenvalue weighted by Crippen LogP contribution is -2.25. The van der Waals surface area contributed by atoms with E-state index in [1.54, 1.807) is 11.3 Å². The second-order valence-electron chi connectivity index (χ2n) is 4.38. The van der Waals surface area contributed by atoms with Gasteiger partial charge in [-0.15, -0.1) is 21.5 Å². The van der Waals surface area contributed by atoms with Gasteiger partial charge in [0.2, 0.25) is 0 Å². The van der Waals surface area contributed by atoms with Crippen LogP contribution in [0.3, 0.4) is 0 Å². The minimum absolute atomic E-state index is 0.853. The molecule has 0 saturated carbocycles. The third-order valence-corrected chi connectivity index (χ3v) is 3.58. The fourth-order valence-electron chi connectivity index (χ4n) is 1.87. The van der Waals surface area contributed by atoms with Gasteiger partial charge in [0.15, 0.2) is 0 Å². The summed E-state index contributed by atoms with van der Waals surface area (Å²) in [6.07, 6.45) is 4.95. The summed E-state index contributed by atoms with van der Waals surface area (Å²) < 4.78 is 2.06. The first-order chi connectivity index (χ1) is 8.69. The molecule has 0 aliphatic heterocycles. The number of imidazole rings is 1. The Hall–Kier alpha value is -1.27. The first kappa shape index (κ1) is 13.2. The van der Waals surface area contributed by atoms with Gasteiger partial charge in [-0.2, -0.15) is 0 Å². The number of aromatic nitrogens is 4. The van der Waals surface area contributed by atoms with Crippen molar-refractivity contribution in [3.63, 3.8) is 0 Å². The van der Waals surface area contributed by atoms with Crippen molar-refractivity contribution < 1.29 is 0 Å². The first-order valence-corrected chi connectivity index (χ1v) is 6.98. The summed E-state index contributed by atoms with van der Waals surface area (Å²) in [7, 11) is 2.03. The van der Waals surface area contributed by atoms with Crippen molar-refractivity contribution in [2.45, 2.75) is 33.4 Å². The molecule has 98 valence electrons. The van der Waals surface area contributed by atoms with Crippen LogP contribution in [0.5, 0.6) is 0 Å². The van der Waals surface area contributed by atoms with Crippen molar-refractivity contribution in [1.82, 2.24) is 24.6 Å². The summed E-state index contributed by atoms with van der Waals surface area (Å²) in [6.45, 7) is 6.94. The Balaban J connectivity index is 2.02. The molecular weight excluding hydrogens is 246 g/mol. The standard InChI is InChI=1S/C12H19N5S/c1-4-6-17(8-11-13-5-7-16(11)3)9-12-15-14-10(2)18-12/h5,7H,4,6,8-9H2,1-3H3. The minimum atomic E-state index is 0.853. The van der Waals surface area contributed by atoms with E-state index in [0.717, 1.165) is 41.9 Å². The average molecular weight is 265 g/mol. The third kappa shape index (κ3) is 3.36. The molecule has 0 atom stereocenters. The highest BCUT2D eigenvalue weighted by Crippen LogP contribution is 2.13. The maximum absolute atomic E-state index is 4.37. The fourth-order valence-corrected chi connectivity index (χ4v) is 2.62. The van der Waals surface area contributed by atoms with Crippen LogP contribution in [-0.2, 0) is 20.1 Å². The quantitative estimate of drug-likeness (QED) is 0.801. The molecule has 0 radical (unpaired) electrons. The van der Waals surface area contributed by atoms with Gasteiger partial charge in [-0.1, -0.05) is 6.92 Å². The molecule has 2 aromatic rings. The van der Waals surface area contributed by atoms with Crippen LogP contribution < -0.4 is 0 Å². The van der Waals surface area contributed by atoms with Gasteiger partial charge < -0.3 is 4.57 Å². The van der Waals surface area contributed by atoms with Crippen LogP contribution in [0.25, 0.3) is 0 Å². The van der Waals surface area contributed by atoms with Gasteiger partial charge in [-0.25, -0.2) is 4.98 Å². The van der Waals surface area contributed by atoms with Gasteiger partial charge in [0.1, 0.15) is 15.8 Å². The molecule has 6 heteroatoms. The van der Waals surface area contributed by atoms with Crippen LogP contribution in [0.1, 0.15) is 29.2 Å². The Kier molecular flexibility index (Phi) is 4.43. The average Bonchev–Trinajstić information content (AvgIpc) is 2.90. The van der Waals surface area contributed by atoms with Crippen LogP contribution in [-0.4, -0.2) is 31.2 Å². The van der Waals surface area contributed by atoms with Gasteiger partial charge in [-0.05, 0) is 19.9 Å². The van der Waals surface area contributed by atoms with Crippen molar-refractivity contribution in [1.29, 1.82) is 0 Å². The van der Waals surface area contributed by atoms with Crippen LogP contribution in [0, 0.1) is 6.92 Å². The van der Waals surface area contributed by atoms with E-state index >= 15 is 0 Å². The van der Waals surface area contributed by atoms with E-state index in [-0.39, 0.29) is 0 Å². The molecule has 5 nitrogen and oxygen atoms in total. The lowest BCUT2D eigenvalue weighted by atomic mass is 10.4. The Labute approximate surface area is 111 Å². The van der Waals surface area contributed by atoms with E-state index in [4.69, 9.17) is 0 Å². The van der Waals surface area contributed by atoms with Gasteiger partial charge in [0, 0.05) is 19.4 Å². The molecule has 0 aliphatic carbocycles.